The fourth-order valence-corrected chi connectivity index (χ4v) is 10.8. The van der Waals surface area contributed by atoms with Crippen LogP contribution in [-0.2, 0) is 9.53 Å². The molecule has 0 aromatic carbocycles. The molecule has 4 fully saturated rings. The van der Waals surface area contributed by atoms with Gasteiger partial charge in [0.1, 0.15) is 0 Å². The lowest BCUT2D eigenvalue weighted by Crippen LogP contribution is -2.64. The number of fused-ring (bicyclic) bond motifs is 7. The van der Waals surface area contributed by atoms with Gasteiger partial charge in [-0.3, -0.25) is 4.79 Å². The maximum atomic E-state index is 11.9. The molecule has 0 aromatic heterocycles. The van der Waals surface area contributed by atoms with Gasteiger partial charge in [0.25, 0.3) is 0 Å². The van der Waals surface area contributed by atoms with Crippen molar-refractivity contribution < 1.29 is 14.6 Å². The molecule has 0 spiro atoms. The molecule has 198 valence electrons. The number of hydrogen-bond acceptors (Lipinski definition) is 3. The average Bonchev–Trinajstić information content (AvgIpc) is 2.76. The van der Waals surface area contributed by atoms with E-state index in [-0.39, 0.29) is 33.7 Å². The van der Waals surface area contributed by atoms with Crippen molar-refractivity contribution in [2.24, 2.45) is 50.2 Å². The van der Waals surface area contributed by atoms with Gasteiger partial charge in [-0.25, -0.2) is 0 Å². The van der Waals surface area contributed by atoms with Gasteiger partial charge in [-0.1, -0.05) is 60.1 Å². The summed E-state index contributed by atoms with van der Waals surface area (Å²) in [7, 11) is 0. The zero-order valence-corrected chi connectivity index (χ0v) is 23.9. The molecule has 8 atom stereocenters. The van der Waals surface area contributed by atoms with Crippen LogP contribution in [0.25, 0.3) is 0 Å². The Hall–Kier alpha value is -0.830. The largest absolute Gasteiger partial charge is 0.465 e. The van der Waals surface area contributed by atoms with E-state index in [1.165, 1.54) is 51.4 Å². The van der Waals surface area contributed by atoms with E-state index in [9.17, 15) is 9.90 Å². The van der Waals surface area contributed by atoms with E-state index < -0.39 is 0 Å². The SMILES string of the molecule is CC(=O)OC[C@]12CCC(C)(C)C[C@H]1C1=CC[C@@H]3[C@@]4(C)CC[C@H](O)C(C)(C)[C@@H]4CC[C@@]3(C)[C@]1(C)CC2. The summed E-state index contributed by atoms with van der Waals surface area (Å²) in [6, 6.07) is 0. The molecule has 3 heteroatoms. The quantitative estimate of drug-likeness (QED) is 0.322. The first-order valence-electron chi connectivity index (χ1n) is 14.6. The number of esters is 1. The van der Waals surface area contributed by atoms with Crippen LogP contribution in [0.15, 0.2) is 11.6 Å². The van der Waals surface area contributed by atoms with E-state index in [1.54, 1.807) is 12.5 Å². The van der Waals surface area contributed by atoms with Gasteiger partial charge in [-0.15, -0.1) is 0 Å². The molecule has 5 rings (SSSR count). The van der Waals surface area contributed by atoms with Gasteiger partial charge >= 0.3 is 5.97 Å². The first-order valence-corrected chi connectivity index (χ1v) is 14.6. The van der Waals surface area contributed by atoms with Crippen molar-refractivity contribution >= 4 is 5.97 Å². The lowest BCUT2D eigenvalue weighted by molar-refractivity contribution is -0.205. The molecule has 0 aromatic rings. The molecule has 5 aliphatic rings. The Morgan fingerprint density at radius 1 is 0.943 bits per heavy atom. The molecule has 35 heavy (non-hydrogen) atoms. The van der Waals surface area contributed by atoms with Crippen molar-refractivity contribution in [1.29, 1.82) is 0 Å². The highest BCUT2D eigenvalue weighted by molar-refractivity contribution is 5.66. The molecule has 0 heterocycles. The van der Waals surface area contributed by atoms with E-state index in [1.807, 2.05) is 0 Å². The maximum absolute atomic E-state index is 11.9. The van der Waals surface area contributed by atoms with Crippen LogP contribution in [0.2, 0.25) is 0 Å². The molecular weight excluding hydrogens is 432 g/mol. The van der Waals surface area contributed by atoms with Gasteiger partial charge in [0.2, 0.25) is 0 Å². The zero-order valence-electron chi connectivity index (χ0n) is 23.9. The summed E-state index contributed by atoms with van der Waals surface area (Å²) >= 11 is 0. The minimum absolute atomic E-state index is 0.00162. The van der Waals surface area contributed by atoms with Gasteiger partial charge in [0.05, 0.1) is 12.7 Å². The van der Waals surface area contributed by atoms with Crippen LogP contribution in [0.5, 0.6) is 0 Å². The van der Waals surface area contributed by atoms with Crippen LogP contribution >= 0.6 is 0 Å². The normalized spacial score (nSPS) is 50.0. The molecule has 0 aliphatic heterocycles. The number of carbonyl (C=O) groups is 1. The predicted molar refractivity (Wildman–Crippen MR) is 142 cm³/mol. The summed E-state index contributed by atoms with van der Waals surface area (Å²) in [5.41, 5.74) is 2.97. The van der Waals surface area contributed by atoms with E-state index in [2.05, 4.69) is 54.5 Å². The summed E-state index contributed by atoms with van der Waals surface area (Å²) in [5.74, 6) is 1.66. The molecule has 3 nitrogen and oxygen atoms in total. The van der Waals surface area contributed by atoms with Gasteiger partial charge in [-0.05, 0) is 109 Å². The van der Waals surface area contributed by atoms with Crippen molar-refractivity contribution in [3.8, 4) is 0 Å². The standard InChI is InChI=1S/C32H52O3/c1-21(33)35-20-32-17-15-27(2,3)19-23(32)22-9-10-25-29(6)13-12-26(34)28(4,5)24(29)11-14-31(25,8)30(22,7)16-18-32/h9,23-26,34H,10-20H2,1-8H3/t23-,24-,25+,26-,29-,30+,31+,32+/m0/s1. The highest BCUT2D eigenvalue weighted by Gasteiger charge is 2.68. The van der Waals surface area contributed by atoms with Gasteiger partial charge in [0, 0.05) is 12.3 Å². The van der Waals surface area contributed by atoms with E-state index in [4.69, 9.17) is 4.74 Å². The molecule has 0 saturated heterocycles. The van der Waals surface area contributed by atoms with E-state index in [0.717, 1.165) is 12.8 Å². The first-order chi connectivity index (χ1) is 16.1. The fraction of sp³-hybridized carbons (Fsp3) is 0.906. The molecular formula is C32H52O3. The summed E-state index contributed by atoms with van der Waals surface area (Å²) < 4.78 is 5.78. The Kier molecular flexibility index (Phi) is 5.78. The molecule has 0 radical (unpaired) electrons. The highest BCUT2D eigenvalue weighted by atomic mass is 16.5. The van der Waals surface area contributed by atoms with Crippen molar-refractivity contribution in [3.63, 3.8) is 0 Å². The van der Waals surface area contributed by atoms with Crippen molar-refractivity contribution in [2.75, 3.05) is 6.61 Å². The van der Waals surface area contributed by atoms with Crippen LogP contribution in [0.4, 0.5) is 0 Å². The predicted octanol–water partition coefficient (Wildman–Crippen LogP) is 7.71. The number of aliphatic hydroxyl groups excluding tert-OH is 1. The third kappa shape index (κ3) is 3.48. The third-order valence-corrected chi connectivity index (χ3v) is 13.4. The Labute approximate surface area is 214 Å². The molecule has 5 aliphatic carbocycles. The van der Waals surface area contributed by atoms with Gasteiger partial charge in [0.15, 0.2) is 0 Å². The summed E-state index contributed by atoms with van der Waals surface area (Å²) in [6.07, 6.45) is 14.4. The van der Waals surface area contributed by atoms with Crippen molar-refractivity contribution in [2.45, 2.75) is 126 Å². The van der Waals surface area contributed by atoms with Crippen LogP contribution in [-0.4, -0.2) is 23.8 Å². The monoisotopic (exact) mass is 484 g/mol. The zero-order chi connectivity index (χ0) is 25.7. The molecule has 0 amide bonds. The molecule has 1 N–H and O–H groups in total. The highest BCUT2D eigenvalue weighted by Crippen LogP contribution is 2.75. The van der Waals surface area contributed by atoms with Crippen LogP contribution < -0.4 is 0 Å². The minimum Gasteiger partial charge on any atom is -0.465 e. The van der Waals surface area contributed by atoms with Crippen LogP contribution in [0.1, 0.15) is 120 Å². The number of hydrogen-bond donors (Lipinski definition) is 1. The topological polar surface area (TPSA) is 46.5 Å². The second-order valence-corrected chi connectivity index (χ2v) is 15.7. The van der Waals surface area contributed by atoms with Crippen molar-refractivity contribution in [1.82, 2.24) is 0 Å². The number of ether oxygens (including phenoxy) is 1. The third-order valence-electron chi connectivity index (χ3n) is 13.4. The summed E-state index contributed by atoms with van der Waals surface area (Å²) in [6.45, 7) is 19.6. The molecule has 0 bridgehead atoms. The van der Waals surface area contributed by atoms with Gasteiger partial charge < -0.3 is 9.84 Å². The number of carbonyl (C=O) groups excluding carboxylic acids is 1. The fourth-order valence-electron chi connectivity index (χ4n) is 10.8. The number of aliphatic hydroxyl groups is 1. The maximum Gasteiger partial charge on any atom is 0.302 e. The molecule has 4 saturated carbocycles. The number of allylic oxidation sites excluding steroid dienone is 2. The second-order valence-electron chi connectivity index (χ2n) is 15.7. The van der Waals surface area contributed by atoms with Crippen molar-refractivity contribution in [3.05, 3.63) is 11.6 Å². The first kappa shape index (κ1) is 25.8. The minimum atomic E-state index is -0.170. The summed E-state index contributed by atoms with van der Waals surface area (Å²) in [5, 5.41) is 10.9. The van der Waals surface area contributed by atoms with E-state index >= 15 is 0 Å². The Morgan fingerprint density at radius 2 is 1.63 bits per heavy atom. The van der Waals surface area contributed by atoms with E-state index in [0.29, 0.717) is 35.2 Å². The lowest BCUT2D eigenvalue weighted by atomic mass is 9.33. The van der Waals surface area contributed by atoms with Crippen LogP contribution in [0, 0.1) is 50.2 Å². The van der Waals surface area contributed by atoms with Gasteiger partial charge in [-0.2, -0.15) is 0 Å². The van der Waals surface area contributed by atoms with Crippen LogP contribution in [0.3, 0.4) is 0 Å². The lowest BCUT2D eigenvalue weighted by Gasteiger charge is -2.71. The Morgan fingerprint density at radius 3 is 2.31 bits per heavy atom. The average molecular weight is 485 g/mol. The smallest absolute Gasteiger partial charge is 0.302 e. The summed E-state index contributed by atoms with van der Waals surface area (Å²) in [4.78, 5) is 11.9. The Balaban J connectivity index is 1.56. The Bertz CT molecular complexity index is 916. The number of rotatable bonds is 2. The second kappa shape index (κ2) is 7.84. The molecule has 0 unspecified atom stereocenters.